The molecule has 1 aliphatic rings. The van der Waals surface area contributed by atoms with Crippen LogP contribution in [0.1, 0.15) is 77.6 Å². The van der Waals surface area contributed by atoms with Gasteiger partial charge in [-0.25, -0.2) is 13.8 Å². The molecule has 38 heavy (non-hydrogen) atoms. The van der Waals surface area contributed by atoms with Crippen molar-refractivity contribution in [1.82, 2.24) is 24.5 Å². The van der Waals surface area contributed by atoms with Crippen LogP contribution in [0.3, 0.4) is 0 Å². The van der Waals surface area contributed by atoms with Gasteiger partial charge in [-0.2, -0.15) is 13.2 Å². The highest BCUT2D eigenvalue weighted by molar-refractivity contribution is 5.71. The lowest BCUT2D eigenvalue weighted by Crippen LogP contribution is -2.29. The molecule has 4 heterocycles. The molecule has 4 aromatic rings. The molecule has 0 aromatic carbocycles. The fourth-order valence-corrected chi connectivity index (χ4v) is 5.32. The topological polar surface area (TPSA) is 73.6 Å². The number of hydrogen-bond acceptors (Lipinski definition) is 5. The molecule has 6 nitrogen and oxygen atoms in total. The third kappa shape index (κ3) is 5.01. The van der Waals surface area contributed by atoms with E-state index in [1.54, 1.807) is 13.0 Å². The molecule has 0 radical (unpaired) electrons. The number of alkyl halides is 5. The Labute approximate surface area is 214 Å². The summed E-state index contributed by atoms with van der Waals surface area (Å²) in [4.78, 5) is 30.5. The highest BCUT2D eigenvalue weighted by atomic mass is 19.4. The average molecular weight is 530 g/mol. The summed E-state index contributed by atoms with van der Waals surface area (Å²) in [6, 6.07) is 5.13. The molecule has 198 valence electrons. The van der Waals surface area contributed by atoms with Gasteiger partial charge in [-0.05, 0) is 74.3 Å². The van der Waals surface area contributed by atoms with Crippen LogP contribution in [0.15, 0.2) is 53.8 Å². The van der Waals surface area contributed by atoms with E-state index in [0.29, 0.717) is 48.0 Å². The zero-order valence-corrected chi connectivity index (χ0v) is 20.4. The van der Waals surface area contributed by atoms with Gasteiger partial charge in [0.2, 0.25) is 0 Å². The minimum atomic E-state index is -4.63. The van der Waals surface area contributed by atoms with Crippen LogP contribution in [0.25, 0.3) is 11.2 Å². The molecule has 1 aliphatic carbocycles. The van der Waals surface area contributed by atoms with E-state index in [4.69, 9.17) is 0 Å². The summed E-state index contributed by atoms with van der Waals surface area (Å²) >= 11 is 0. The molecule has 0 bridgehead atoms. The molecular weight excluding hydrogens is 505 g/mol. The molecule has 0 spiro atoms. The predicted molar refractivity (Wildman–Crippen MR) is 130 cm³/mol. The predicted octanol–water partition coefficient (Wildman–Crippen LogP) is 6.34. The SMILES string of the molecule is Cc1cnc2cc([C@H]3CC[C@H](c4cnccc4C(F)F)CC3)c(=O)n(Cc3ncccc3C(F)(F)F)c2n1. The van der Waals surface area contributed by atoms with Gasteiger partial charge < -0.3 is 0 Å². The summed E-state index contributed by atoms with van der Waals surface area (Å²) in [7, 11) is 0. The van der Waals surface area contributed by atoms with Crippen molar-refractivity contribution in [1.29, 1.82) is 0 Å². The maximum Gasteiger partial charge on any atom is 0.418 e. The van der Waals surface area contributed by atoms with Gasteiger partial charge in [-0.3, -0.25) is 24.3 Å². The average Bonchev–Trinajstić information content (AvgIpc) is 2.90. The molecule has 0 N–H and O–H groups in total. The number of nitrogens with zero attached hydrogens (tertiary/aromatic N) is 5. The quantitative estimate of drug-likeness (QED) is 0.282. The third-order valence-corrected chi connectivity index (χ3v) is 7.17. The van der Waals surface area contributed by atoms with Gasteiger partial charge in [-0.15, -0.1) is 0 Å². The number of pyridine rings is 3. The Balaban J connectivity index is 1.51. The maximum absolute atomic E-state index is 13.7. The molecular formula is C27H24F5N5O. The number of fused-ring (bicyclic) bond motifs is 1. The maximum atomic E-state index is 13.7. The molecule has 11 heteroatoms. The largest absolute Gasteiger partial charge is 0.418 e. The highest BCUT2D eigenvalue weighted by Gasteiger charge is 2.34. The lowest BCUT2D eigenvalue weighted by Gasteiger charge is -2.30. The van der Waals surface area contributed by atoms with Crippen LogP contribution in [0, 0.1) is 6.92 Å². The Morgan fingerprint density at radius 3 is 2.39 bits per heavy atom. The Morgan fingerprint density at radius 2 is 1.71 bits per heavy atom. The van der Waals surface area contributed by atoms with Gasteiger partial charge in [0.1, 0.15) is 5.52 Å². The van der Waals surface area contributed by atoms with Crippen LogP contribution in [0.5, 0.6) is 0 Å². The Kier molecular flexibility index (Phi) is 6.93. The first kappa shape index (κ1) is 25.9. The second-order valence-electron chi connectivity index (χ2n) is 9.56. The van der Waals surface area contributed by atoms with Crippen molar-refractivity contribution >= 4 is 11.2 Å². The normalized spacial score (nSPS) is 18.3. The smallest absolute Gasteiger partial charge is 0.285 e. The van der Waals surface area contributed by atoms with E-state index in [2.05, 4.69) is 19.9 Å². The van der Waals surface area contributed by atoms with E-state index in [9.17, 15) is 26.7 Å². The van der Waals surface area contributed by atoms with Crippen molar-refractivity contribution in [3.63, 3.8) is 0 Å². The zero-order valence-electron chi connectivity index (χ0n) is 20.4. The van der Waals surface area contributed by atoms with Crippen LogP contribution < -0.4 is 5.56 Å². The van der Waals surface area contributed by atoms with Crippen LogP contribution in [0.2, 0.25) is 0 Å². The van der Waals surface area contributed by atoms with Crippen molar-refractivity contribution in [3.05, 3.63) is 93.0 Å². The van der Waals surface area contributed by atoms with Crippen LogP contribution in [-0.2, 0) is 12.7 Å². The summed E-state index contributed by atoms with van der Waals surface area (Å²) in [5.74, 6) is -0.313. The first-order chi connectivity index (χ1) is 18.1. The van der Waals surface area contributed by atoms with Gasteiger partial charge in [0.15, 0.2) is 5.65 Å². The van der Waals surface area contributed by atoms with Gasteiger partial charge in [0, 0.05) is 35.9 Å². The van der Waals surface area contributed by atoms with Crippen molar-refractivity contribution < 1.29 is 22.0 Å². The summed E-state index contributed by atoms with van der Waals surface area (Å²) in [5, 5.41) is 0. The van der Waals surface area contributed by atoms with E-state index in [-0.39, 0.29) is 28.7 Å². The minimum absolute atomic E-state index is 0.0296. The molecule has 0 aliphatic heterocycles. The zero-order chi connectivity index (χ0) is 27.0. The number of halogens is 5. The summed E-state index contributed by atoms with van der Waals surface area (Å²) < 4.78 is 69.2. The highest BCUT2D eigenvalue weighted by Crippen LogP contribution is 2.42. The molecule has 0 atom stereocenters. The van der Waals surface area contributed by atoms with E-state index >= 15 is 0 Å². The first-order valence-corrected chi connectivity index (χ1v) is 12.2. The second kappa shape index (κ2) is 10.2. The number of aryl methyl sites for hydroxylation is 1. The number of aromatic nitrogens is 5. The van der Waals surface area contributed by atoms with Crippen molar-refractivity contribution in [2.75, 3.05) is 0 Å². The van der Waals surface area contributed by atoms with E-state index in [1.807, 2.05) is 0 Å². The molecule has 1 saturated carbocycles. The van der Waals surface area contributed by atoms with Gasteiger partial charge in [0.25, 0.3) is 12.0 Å². The fourth-order valence-electron chi connectivity index (χ4n) is 5.32. The van der Waals surface area contributed by atoms with Gasteiger partial charge in [-0.1, -0.05) is 0 Å². The number of hydrogen-bond donors (Lipinski definition) is 0. The minimum Gasteiger partial charge on any atom is -0.285 e. The van der Waals surface area contributed by atoms with Crippen molar-refractivity contribution in [2.24, 2.45) is 0 Å². The fraction of sp³-hybridized carbons (Fsp3) is 0.370. The van der Waals surface area contributed by atoms with E-state index in [0.717, 1.165) is 6.07 Å². The third-order valence-electron chi connectivity index (χ3n) is 7.17. The van der Waals surface area contributed by atoms with Gasteiger partial charge in [0.05, 0.1) is 23.5 Å². The first-order valence-electron chi connectivity index (χ1n) is 12.2. The van der Waals surface area contributed by atoms with Crippen molar-refractivity contribution in [3.8, 4) is 0 Å². The summed E-state index contributed by atoms with van der Waals surface area (Å²) in [5.41, 5.74) is 0.357. The Hall–Kier alpha value is -3.76. The standard InChI is InChI=1S/C27H24F5N5O/c1-15-12-35-22-11-19(16-4-6-17(7-5-16)20-13-33-10-8-18(20)24(28)29)26(38)37(25(22)36-15)14-23-21(27(30,31)32)3-2-9-34-23/h2-3,8-13,16-17,24H,4-7,14H2,1H3/t16-,17-. The second-order valence-corrected chi connectivity index (χ2v) is 9.56. The van der Waals surface area contributed by atoms with Gasteiger partial charge >= 0.3 is 6.18 Å². The lowest BCUT2D eigenvalue weighted by atomic mass is 9.76. The van der Waals surface area contributed by atoms with Crippen LogP contribution >= 0.6 is 0 Å². The summed E-state index contributed by atoms with van der Waals surface area (Å²) in [6.07, 6.45) is 0.649. The molecule has 5 rings (SSSR count). The molecule has 0 amide bonds. The van der Waals surface area contributed by atoms with Crippen molar-refractivity contribution in [2.45, 2.75) is 63.6 Å². The molecule has 0 unspecified atom stereocenters. The molecule has 0 saturated heterocycles. The molecule has 1 fully saturated rings. The van der Waals surface area contributed by atoms with E-state index in [1.165, 1.54) is 41.5 Å². The lowest BCUT2D eigenvalue weighted by molar-refractivity contribution is -0.138. The van der Waals surface area contributed by atoms with E-state index < -0.39 is 30.3 Å². The number of rotatable bonds is 5. The Bertz CT molecular complexity index is 1530. The van der Waals surface area contributed by atoms with Crippen LogP contribution in [-0.4, -0.2) is 24.5 Å². The monoisotopic (exact) mass is 529 g/mol. The summed E-state index contributed by atoms with van der Waals surface area (Å²) in [6.45, 7) is 1.27. The Morgan fingerprint density at radius 1 is 1.00 bits per heavy atom. The molecule has 4 aromatic heterocycles. The van der Waals surface area contributed by atoms with Crippen LogP contribution in [0.4, 0.5) is 22.0 Å².